The van der Waals surface area contributed by atoms with Gasteiger partial charge in [-0.15, -0.1) is 0 Å². The van der Waals surface area contributed by atoms with Crippen molar-refractivity contribution in [1.82, 2.24) is 0 Å². The summed E-state index contributed by atoms with van der Waals surface area (Å²) in [6, 6.07) is 2.29. The van der Waals surface area contributed by atoms with Gasteiger partial charge in [0, 0.05) is 5.56 Å². The summed E-state index contributed by atoms with van der Waals surface area (Å²) in [6.07, 6.45) is 2.59. The number of hydrogen-bond acceptors (Lipinski definition) is 1. The molecule has 1 nitrogen and oxygen atoms in total. The SMILES string of the molecule is CCCC(CCC)C(O)c1cc(F)c(C)cc1F. The van der Waals surface area contributed by atoms with Crippen LogP contribution < -0.4 is 0 Å². The van der Waals surface area contributed by atoms with Crippen LogP contribution in [0.5, 0.6) is 0 Å². The van der Waals surface area contributed by atoms with Crippen LogP contribution >= 0.6 is 0 Å². The van der Waals surface area contributed by atoms with E-state index in [0.717, 1.165) is 37.8 Å². The summed E-state index contributed by atoms with van der Waals surface area (Å²) in [7, 11) is 0. The fourth-order valence-electron chi connectivity index (χ4n) is 2.34. The van der Waals surface area contributed by atoms with Gasteiger partial charge >= 0.3 is 0 Å². The van der Waals surface area contributed by atoms with Gasteiger partial charge in [-0.3, -0.25) is 0 Å². The number of aryl methyl sites for hydroxylation is 1. The normalized spacial score (nSPS) is 13.1. The zero-order valence-corrected chi connectivity index (χ0v) is 11.3. The van der Waals surface area contributed by atoms with E-state index < -0.39 is 17.7 Å². The molecular weight excluding hydrogens is 234 g/mol. The van der Waals surface area contributed by atoms with E-state index in [1.165, 1.54) is 6.92 Å². The lowest BCUT2D eigenvalue weighted by molar-refractivity contribution is 0.0926. The number of rotatable bonds is 6. The van der Waals surface area contributed by atoms with Crippen LogP contribution in [0, 0.1) is 24.5 Å². The third-order valence-electron chi connectivity index (χ3n) is 3.36. The zero-order chi connectivity index (χ0) is 13.7. The van der Waals surface area contributed by atoms with Crippen molar-refractivity contribution < 1.29 is 13.9 Å². The van der Waals surface area contributed by atoms with Crippen molar-refractivity contribution in [3.05, 3.63) is 34.9 Å². The summed E-state index contributed by atoms with van der Waals surface area (Å²) in [5.41, 5.74) is 0.357. The number of aliphatic hydroxyl groups excluding tert-OH is 1. The predicted octanol–water partition coefficient (Wildman–Crippen LogP) is 4.52. The van der Waals surface area contributed by atoms with Crippen molar-refractivity contribution in [3.8, 4) is 0 Å². The molecule has 0 radical (unpaired) electrons. The van der Waals surface area contributed by atoms with Crippen molar-refractivity contribution in [1.29, 1.82) is 0 Å². The summed E-state index contributed by atoms with van der Waals surface area (Å²) in [5, 5.41) is 10.2. The molecule has 1 rings (SSSR count). The summed E-state index contributed by atoms with van der Waals surface area (Å²) < 4.78 is 27.3. The number of aliphatic hydroxyl groups is 1. The molecule has 18 heavy (non-hydrogen) atoms. The van der Waals surface area contributed by atoms with E-state index in [1.54, 1.807) is 0 Å². The average Bonchev–Trinajstić information content (AvgIpc) is 2.33. The maximum absolute atomic E-state index is 13.8. The van der Waals surface area contributed by atoms with Crippen LogP contribution in [0.2, 0.25) is 0 Å². The molecule has 0 aliphatic heterocycles. The van der Waals surface area contributed by atoms with Crippen molar-refractivity contribution in [2.24, 2.45) is 5.92 Å². The molecule has 0 bridgehead atoms. The molecule has 3 heteroatoms. The Labute approximate surface area is 108 Å². The van der Waals surface area contributed by atoms with E-state index in [9.17, 15) is 13.9 Å². The molecule has 0 saturated carbocycles. The Balaban J connectivity index is 3.00. The predicted molar refractivity (Wildman–Crippen MR) is 69.4 cm³/mol. The van der Waals surface area contributed by atoms with E-state index in [1.807, 2.05) is 13.8 Å². The second kappa shape index (κ2) is 6.83. The van der Waals surface area contributed by atoms with E-state index in [2.05, 4.69) is 0 Å². The first-order chi connectivity index (χ1) is 8.51. The molecule has 0 saturated heterocycles. The quantitative estimate of drug-likeness (QED) is 0.793. The van der Waals surface area contributed by atoms with Gasteiger partial charge in [0.1, 0.15) is 11.6 Å². The van der Waals surface area contributed by atoms with Crippen LogP contribution in [0.3, 0.4) is 0 Å². The minimum Gasteiger partial charge on any atom is -0.388 e. The van der Waals surface area contributed by atoms with Crippen molar-refractivity contribution in [2.75, 3.05) is 0 Å². The molecule has 0 fully saturated rings. The maximum atomic E-state index is 13.8. The molecule has 0 amide bonds. The molecule has 102 valence electrons. The Kier molecular flexibility index (Phi) is 5.73. The summed E-state index contributed by atoms with van der Waals surface area (Å²) in [4.78, 5) is 0. The molecule has 1 unspecified atom stereocenters. The van der Waals surface area contributed by atoms with E-state index in [-0.39, 0.29) is 17.0 Å². The number of benzene rings is 1. The van der Waals surface area contributed by atoms with Gasteiger partial charge in [0.05, 0.1) is 6.10 Å². The monoisotopic (exact) mass is 256 g/mol. The van der Waals surface area contributed by atoms with Crippen molar-refractivity contribution in [2.45, 2.75) is 52.6 Å². The van der Waals surface area contributed by atoms with Crippen LogP contribution in [0.15, 0.2) is 12.1 Å². The van der Waals surface area contributed by atoms with Crippen LogP contribution in [-0.2, 0) is 0 Å². The maximum Gasteiger partial charge on any atom is 0.129 e. The molecule has 0 aliphatic rings. The lowest BCUT2D eigenvalue weighted by Crippen LogP contribution is -2.14. The topological polar surface area (TPSA) is 20.2 Å². The summed E-state index contributed by atoms with van der Waals surface area (Å²) in [5.74, 6) is -0.979. The standard InChI is InChI=1S/C15H22F2O/c1-4-6-11(7-5-2)15(18)12-9-13(16)10(3)8-14(12)17/h8-9,11,15,18H,4-7H2,1-3H3. The fourth-order valence-corrected chi connectivity index (χ4v) is 2.34. The van der Waals surface area contributed by atoms with Gasteiger partial charge in [0.25, 0.3) is 0 Å². The third-order valence-corrected chi connectivity index (χ3v) is 3.36. The van der Waals surface area contributed by atoms with Gasteiger partial charge in [-0.05, 0) is 43.4 Å². The van der Waals surface area contributed by atoms with Gasteiger partial charge in [0.15, 0.2) is 0 Å². The van der Waals surface area contributed by atoms with Gasteiger partial charge < -0.3 is 5.11 Å². The third kappa shape index (κ3) is 3.52. The lowest BCUT2D eigenvalue weighted by atomic mass is 9.88. The van der Waals surface area contributed by atoms with Gasteiger partial charge in [-0.2, -0.15) is 0 Å². The van der Waals surface area contributed by atoms with E-state index >= 15 is 0 Å². The van der Waals surface area contributed by atoms with Crippen LogP contribution in [0.25, 0.3) is 0 Å². The summed E-state index contributed by atoms with van der Waals surface area (Å²) in [6.45, 7) is 5.58. The minimum absolute atomic E-state index is 0.00314. The molecule has 1 aromatic carbocycles. The minimum atomic E-state index is -0.917. The lowest BCUT2D eigenvalue weighted by Gasteiger charge is -2.23. The first kappa shape index (κ1) is 15.1. The second-order valence-corrected chi connectivity index (χ2v) is 4.91. The van der Waals surface area contributed by atoms with Crippen molar-refractivity contribution >= 4 is 0 Å². The highest BCUT2D eigenvalue weighted by atomic mass is 19.1. The Bertz CT molecular complexity index is 384. The Morgan fingerprint density at radius 2 is 1.61 bits per heavy atom. The van der Waals surface area contributed by atoms with E-state index in [4.69, 9.17) is 0 Å². The number of halogens is 2. The average molecular weight is 256 g/mol. The van der Waals surface area contributed by atoms with E-state index in [0.29, 0.717) is 0 Å². The highest BCUT2D eigenvalue weighted by Crippen LogP contribution is 2.32. The fraction of sp³-hybridized carbons (Fsp3) is 0.600. The first-order valence-corrected chi connectivity index (χ1v) is 6.64. The zero-order valence-electron chi connectivity index (χ0n) is 11.3. The van der Waals surface area contributed by atoms with Crippen LogP contribution in [0.1, 0.15) is 56.8 Å². The molecule has 0 heterocycles. The highest BCUT2D eigenvalue weighted by Gasteiger charge is 2.23. The smallest absolute Gasteiger partial charge is 0.129 e. The number of hydrogen-bond donors (Lipinski definition) is 1. The second-order valence-electron chi connectivity index (χ2n) is 4.91. The Morgan fingerprint density at radius 1 is 1.06 bits per heavy atom. The molecule has 1 aromatic rings. The molecule has 1 N–H and O–H groups in total. The molecule has 0 aliphatic carbocycles. The molecule has 0 aromatic heterocycles. The Hall–Kier alpha value is -0.960. The first-order valence-electron chi connectivity index (χ1n) is 6.64. The Morgan fingerprint density at radius 3 is 2.11 bits per heavy atom. The molecule has 1 atom stereocenters. The molecular formula is C15H22F2O. The highest BCUT2D eigenvalue weighted by molar-refractivity contribution is 5.27. The van der Waals surface area contributed by atoms with Crippen LogP contribution in [0.4, 0.5) is 8.78 Å². The van der Waals surface area contributed by atoms with Crippen molar-refractivity contribution in [3.63, 3.8) is 0 Å². The van der Waals surface area contributed by atoms with Crippen LogP contribution in [-0.4, -0.2) is 5.11 Å². The largest absolute Gasteiger partial charge is 0.388 e. The van der Waals surface area contributed by atoms with Gasteiger partial charge in [-0.1, -0.05) is 26.7 Å². The van der Waals surface area contributed by atoms with Gasteiger partial charge in [0.2, 0.25) is 0 Å². The van der Waals surface area contributed by atoms with Gasteiger partial charge in [-0.25, -0.2) is 8.78 Å². The summed E-state index contributed by atoms with van der Waals surface area (Å²) >= 11 is 0. The molecule has 0 spiro atoms.